The molecule has 0 aliphatic heterocycles. The van der Waals surface area contributed by atoms with E-state index < -0.39 is 0 Å². The topological polar surface area (TPSA) is 29.1 Å². The molecule has 0 bridgehead atoms. The second-order valence-electron chi connectivity index (χ2n) is 4.42. The summed E-state index contributed by atoms with van der Waals surface area (Å²) in [4.78, 5) is 12.9. The van der Waals surface area contributed by atoms with Crippen molar-refractivity contribution in [3.05, 3.63) is 64.1 Å². The molecule has 0 unspecified atom stereocenters. The van der Waals surface area contributed by atoms with Crippen LogP contribution in [0, 0.1) is 0 Å². The molecule has 0 fully saturated rings. The Balaban J connectivity index is 1.70. The first-order valence-corrected chi connectivity index (χ1v) is 8.28. The minimum atomic E-state index is 0.0244. The molecule has 1 amide bonds. The summed E-state index contributed by atoms with van der Waals surface area (Å²) < 4.78 is 0. The molecule has 0 aromatic heterocycles. The Morgan fingerprint density at radius 3 is 2.48 bits per heavy atom. The smallest absolute Gasteiger partial charge is 0.221 e. The van der Waals surface area contributed by atoms with Crippen molar-refractivity contribution in [3.63, 3.8) is 0 Å². The lowest BCUT2D eigenvalue weighted by Crippen LogP contribution is -2.23. The number of hydrogen-bond donors (Lipinski definition) is 1. The number of thioether (sulfide) groups is 1. The highest BCUT2D eigenvalue weighted by molar-refractivity contribution is 7.99. The number of nitrogens with one attached hydrogen (secondary N) is 1. The van der Waals surface area contributed by atoms with Crippen LogP contribution in [0.25, 0.3) is 0 Å². The molecule has 5 heteroatoms. The predicted octanol–water partition coefficient (Wildman–Crippen LogP) is 4.79. The Hall–Kier alpha value is -1.16. The van der Waals surface area contributed by atoms with Crippen molar-refractivity contribution < 1.29 is 4.79 Å². The quantitative estimate of drug-likeness (QED) is 0.766. The van der Waals surface area contributed by atoms with Gasteiger partial charge < -0.3 is 5.32 Å². The van der Waals surface area contributed by atoms with E-state index in [0.29, 0.717) is 18.0 Å². The third-order valence-corrected chi connectivity index (χ3v) is 4.48. The fourth-order valence-corrected chi connectivity index (χ4v) is 2.90. The first-order chi connectivity index (χ1) is 10.1. The lowest BCUT2D eigenvalue weighted by Gasteiger charge is -2.07. The van der Waals surface area contributed by atoms with Gasteiger partial charge in [-0.1, -0.05) is 41.4 Å². The number of carbonyl (C=O) groups is 1. The summed E-state index contributed by atoms with van der Waals surface area (Å²) in [7, 11) is 0. The molecule has 21 heavy (non-hydrogen) atoms. The standard InChI is InChI=1S/C16H15Cl2NOS/c17-13-5-7-14(8-6-13)21-10-9-16(20)19-11-12-3-1-2-4-15(12)18/h1-8H,9-11H2,(H,19,20). The van der Waals surface area contributed by atoms with E-state index in [0.717, 1.165) is 21.2 Å². The van der Waals surface area contributed by atoms with Gasteiger partial charge in [-0.2, -0.15) is 0 Å². The van der Waals surface area contributed by atoms with E-state index in [1.165, 1.54) is 0 Å². The summed E-state index contributed by atoms with van der Waals surface area (Å²) in [5.74, 6) is 0.757. The number of benzene rings is 2. The molecular weight excluding hydrogens is 325 g/mol. The third kappa shape index (κ3) is 5.62. The van der Waals surface area contributed by atoms with Crippen molar-refractivity contribution in [2.24, 2.45) is 0 Å². The van der Waals surface area contributed by atoms with Gasteiger partial charge >= 0.3 is 0 Å². The van der Waals surface area contributed by atoms with E-state index in [2.05, 4.69) is 5.32 Å². The Labute approximate surface area is 138 Å². The normalized spacial score (nSPS) is 10.4. The van der Waals surface area contributed by atoms with Crippen molar-refractivity contribution in [1.82, 2.24) is 5.32 Å². The molecule has 0 spiro atoms. The zero-order valence-electron chi connectivity index (χ0n) is 11.3. The fraction of sp³-hybridized carbons (Fsp3) is 0.188. The van der Waals surface area contributed by atoms with Gasteiger partial charge in [0.05, 0.1) is 0 Å². The number of rotatable bonds is 6. The number of halogens is 2. The molecule has 1 N–H and O–H groups in total. The van der Waals surface area contributed by atoms with Crippen LogP contribution in [-0.2, 0) is 11.3 Å². The molecule has 0 aliphatic carbocycles. The molecule has 0 saturated heterocycles. The van der Waals surface area contributed by atoms with Gasteiger partial charge in [0.15, 0.2) is 0 Å². The van der Waals surface area contributed by atoms with Crippen molar-refractivity contribution in [1.29, 1.82) is 0 Å². The Kier molecular flexibility index (Phi) is 6.43. The molecule has 2 rings (SSSR count). The monoisotopic (exact) mass is 339 g/mol. The van der Waals surface area contributed by atoms with Crippen molar-refractivity contribution >= 4 is 40.9 Å². The highest BCUT2D eigenvalue weighted by atomic mass is 35.5. The van der Waals surface area contributed by atoms with Crippen LogP contribution in [-0.4, -0.2) is 11.7 Å². The Morgan fingerprint density at radius 1 is 1.05 bits per heavy atom. The average molecular weight is 340 g/mol. The van der Waals surface area contributed by atoms with Gasteiger partial charge in [-0.15, -0.1) is 11.8 Å². The zero-order chi connectivity index (χ0) is 15.1. The summed E-state index contributed by atoms with van der Waals surface area (Å²) in [5.41, 5.74) is 0.929. The molecule has 0 saturated carbocycles. The fourth-order valence-electron chi connectivity index (χ4n) is 1.72. The highest BCUT2D eigenvalue weighted by Gasteiger charge is 2.04. The van der Waals surface area contributed by atoms with Gasteiger partial charge in [-0.3, -0.25) is 4.79 Å². The number of hydrogen-bond acceptors (Lipinski definition) is 2. The second-order valence-corrected chi connectivity index (χ2v) is 6.43. The number of amides is 1. The third-order valence-electron chi connectivity index (χ3n) is 2.85. The summed E-state index contributed by atoms with van der Waals surface area (Å²) in [5, 5.41) is 4.27. The molecule has 2 nitrogen and oxygen atoms in total. The van der Waals surface area contributed by atoms with Crippen LogP contribution in [0.15, 0.2) is 53.4 Å². The van der Waals surface area contributed by atoms with Crippen molar-refractivity contribution in [2.45, 2.75) is 17.9 Å². The SMILES string of the molecule is O=C(CCSc1ccc(Cl)cc1)NCc1ccccc1Cl. The number of carbonyl (C=O) groups excluding carboxylic acids is 1. The van der Waals surface area contributed by atoms with Crippen LogP contribution < -0.4 is 5.32 Å². The molecule has 2 aromatic carbocycles. The summed E-state index contributed by atoms with van der Waals surface area (Å²) in [6, 6.07) is 15.1. The van der Waals surface area contributed by atoms with Gasteiger partial charge in [0.25, 0.3) is 0 Å². The molecule has 110 valence electrons. The molecule has 0 aliphatic rings. The summed E-state index contributed by atoms with van der Waals surface area (Å²) >= 11 is 13.5. The maximum absolute atomic E-state index is 11.8. The Bertz CT molecular complexity index is 601. The minimum absolute atomic E-state index is 0.0244. The lowest BCUT2D eigenvalue weighted by molar-refractivity contribution is -0.120. The van der Waals surface area contributed by atoms with Gasteiger partial charge in [0.1, 0.15) is 0 Å². The molecule has 0 heterocycles. The first-order valence-electron chi connectivity index (χ1n) is 6.53. The summed E-state index contributed by atoms with van der Waals surface area (Å²) in [6.07, 6.45) is 0.470. The minimum Gasteiger partial charge on any atom is -0.352 e. The van der Waals surface area contributed by atoms with Crippen LogP contribution in [0.3, 0.4) is 0 Å². The van der Waals surface area contributed by atoms with Gasteiger partial charge in [-0.25, -0.2) is 0 Å². The molecule has 0 radical (unpaired) electrons. The maximum Gasteiger partial charge on any atom is 0.221 e. The van der Waals surface area contributed by atoms with E-state index in [1.807, 2.05) is 48.5 Å². The largest absolute Gasteiger partial charge is 0.352 e. The summed E-state index contributed by atoms with van der Waals surface area (Å²) in [6.45, 7) is 0.462. The van der Waals surface area contributed by atoms with Crippen molar-refractivity contribution in [2.75, 3.05) is 5.75 Å². The van der Waals surface area contributed by atoms with E-state index >= 15 is 0 Å². The molecule has 2 aromatic rings. The van der Waals surface area contributed by atoms with E-state index in [4.69, 9.17) is 23.2 Å². The first kappa shape index (κ1) is 16.2. The van der Waals surface area contributed by atoms with E-state index in [1.54, 1.807) is 11.8 Å². The zero-order valence-corrected chi connectivity index (χ0v) is 13.6. The van der Waals surface area contributed by atoms with Gasteiger partial charge in [0, 0.05) is 33.7 Å². The van der Waals surface area contributed by atoms with Gasteiger partial charge in [0.2, 0.25) is 5.91 Å². The average Bonchev–Trinajstić information content (AvgIpc) is 2.48. The van der Waals surface area contributed by atoms with Crippen molar-refractivity contribution in [3.8, 4) is 0 Å². The van der Waals surface area contributed by atoms with Crippen LogP contribution >= 0.6 is 35.0 Å². The molecule has 0 atom stereocenters. The highest BCUT2D eigenvalue weighted by Crippen LogP contribution is 2.21. The van der Waals surface area contributed by atoms with Crippen LogP contribution in [0.2, 0.25) is 10.0 Å². The van der Waals surface area contributed by atoms with E-state index in [-0.39, 0.29) is 5.91 Å². The second kappa shape index (κ2) is 8.32. The van der Waals surface area contributed by atoms with Crippen LogP contribution in [0.1, 0.15) is 12.0 Å². The van der Waals surface area contributed by atoms with E-state index in [9.17, 15) is 4.79 Å². The maximum atomic E-state index is 11.8. The van der Waals surface area contributed by atoms with Gasteiger partial charge in [-0.05, 0) is 35.9 Å². The van der Waals surface area contributed by atoms with Crippen LogP contribution in [0.5, 0.6) is 0 Å². The Morgan fingerprint density at radius 2 is 1.76 bits per heavy atom. The molecular formula is C16H15Cl2NOS. The predicted molar refractivity (Wildman–Crippen MR) is 90.1 cm³/mol. The van der Waals surface area contributed by atoms with Crippen LogP contribution in [0.4, 0.5) is 0 Å². The lowest BCUT2D eigenvalue weighted by atomic mass is 10.2.